The molecule has 4 heteroatoms. The highest BCUT2D eigenvalue weighted by atomic mass is 32.2. The summed E-state index contributed by atoms with van der Waals surface area (Å²) >= 11 is 1.99. The summed E-state index contributed by atoms with van der Waals surface area (Å²) in [5.41, 5.74) is -0.149. The molecule has 17 heavy (non-hydrogen) atoms. The molecule has 0 amide bonds. The lowest BCUT2D eigenvalue weighted by Gasteiger charge is -2.31. The van der Waals surface area contributed by atoms with E-state index in [2.05, 4.69) is 33.0 Å². The van der Waals surface area contributed by atoms with Gasteiger partial charge >= 0.3 is 0 Å². The Morgan fingerprint density at radius 1 is 1.53 bits per heavy atom. The Kier molecular flexibility index (Phi) is 6.27. The van der Waals surface area contributed by atoms with Gasteiger partial charge in [-0.05, 0) is 32.4 Å². The SMILES string of the molecule is CC(C)NC(C)(CO)CCSC1CCOC1C. The molecule has 1 heterocycles. The molecule has 1 aliphatic rings. The van der Waals surface area contributed by atoms with Gasteiger partial charge in [0.25, 0.3) is 0 Å². The van der Waals surface area contributed by atoms with Crippen LogP contribution in [0.1, 0.15) is 40.5 Å². The summed E-state index contributed by atoms with van der Waals surface area (Å²) in [5, 5.41) is 13.6. The lowest BCUT2D eigenvalue weighted by atomic mass is 9.99. The Morgan fingerprint density at radius 2 is 2.24 bits per heavy atom. The number of aliphatic hydroxyl groups is 1. The molecule has 1 aliphatic heterocycles. The molecule has 0 aliphatic carbocycles. The molecular formula is C13H27NO2S. The second-order valence-electron chi connectivity index (χ2n) is 5.54. The van der Waals surface area contributed by atoms with Gasteiger partial charge in [0.1, 0.15) is 0 Å². The van der Waals surface area contributed by atoms with Crippen LogP contribution in [-0.2, 0) is 4.74 Å². The van der Waals surface area contributed by atoms with Crippen molar-refractivity contribution in [2.75, 3.05) is 19.0 Å². The van der Waals surface area contributed by atoms with Crippen LogP contribution in [0.15, 0.2) is 0 Å². The number of rotatable bonds is 7. The van der Waals surface area contributed by atoms with E-state index >= 15 is 0 Å². The average Bonchev–Trinajstić information content (AvgIpc) is 2.63. The lowest BCUT2D eigenvalue weighted by Crippen LogP contribution is -2.49. The maximum absolute atomic E-state index is 9.48. The minimum atomic E-state index is -0.149. The van der Waals surface area contributed by atoms with E-state index < -0.39 is 0 Å². The zero-order chi connectivity index (χ0) is 12.9. The number of thioether (sulfide) groups is 1. The smallest absolute Gasteiger partial charge is 0.0666 e. The fraction of sp³-hybridized carbons (Fsp3) is 1.00. The fourth-order valence-corrected chi connectivity index (χ4v) is 3.74. The van der Waals surface area contributed by atoms with Crippen molar-refractivity contribution in [2.24, 2.45) is 0 Å². The number of nitrogens with one attached hydrogen (secondary N) is 1. The van der Waals surface area contributed by atoms with Crippen LogP contribution in [0.2, 0.25) is 0 Å². The molecule has 0 radical (unpaired) electrons. The third kappa shape index (κ3) is 5.16. The van der Waals surface area contributed by atoms with Crippen molar-refractivity contribution in [3.63, 3.8) is 0 Å². The summed E-state index contributed by atoms with van der Waals surface area (Å²) in [6.07, 6.45) is 2.55. The molecule has 3 nitrogen and oxygen atoms in total. The fourth-order valence-electron chi connectivity index (χ4n) is 2.26. The maximum Gasteiger partial charge on any atom is 0.0666 e. The van der Waals surface area contributed by atoms with Crippen LogP contribution in [0.4, 0.5) is 0 Å². The van der Waals surface area contributed by atoms with Crippen molar-refractivity contribution in [3.05, 3.63) is 0 Å². The van der Waals surface area contributed by atoms with Crippen LogP contribution in [0.3, 0.4) is 0 Å². The topological polar surface area (TPSA) is 41.5 Å². The molecule has 1 saturated heterocycles. The van der Waals surface area contributed by atoms with E-state index in [-0.39, 0.29) is 12.1 Å². The highest BCUT2D eigenvalue weighted by Crippen LogP contribution is 2.28. The highest BCUT2D eigenvalue weighted by molar-refractivity contribution is 7.99. The van der Waals surface area contributed by atoms with E-state index in [1.165, 1.54) is 6.42 Å². The van der Waals surface area contributed by atoms with Crippen molar-refractivity contribution in [2.45, 2.75) is 63.5 Å². The van der Waals surface area contributed by atoms with Crippen LogP contribution in [-0.4, -0.2) is 47.0 Å². The Hall–Kier alpha value is 0.230. The molecule has 0 bridgehead atoms. The van der Waals surface area contributed by atoms with E-state index in [1.807, 2.05) is 11.8 Å². The third-order valence-corrected chi connectivity index (χ3v) is 4.77. The lowest BCUT2D eigenvalue weighted by molar-refractivity contribution is 0.127. The van der Waals surface area contributed by atoms with Gasteiger partial charge in [-0.3, -0.25) is 0 Å². The van der Waals surface area contributed by atoms with E-state index in [4.69, 9.17) is 4.74 Å². The molecule has 102 valence electrons. The largest absolute Gasteiger partial charge is 0.394 e. The summed E-state index contributed by atoms with van der Waals surface area (Å²) in [5.74, 6) is 1.08. The van der Waals surface area contributed by atoms with Gasteiger partial charge in [0, 0.05) is 23.4 Å². The number of aliphatic hydroxyl groups excluding tert-OH is 1. The first kappa shape index (κ1) is 15.3. The molecule has 3 unspecified atom stereocenters. The standard InChI is InChI=1S/C13H27NO2S/c1-10(2)14-13(4,9-15)6-8-17-12-5-7-16-11(12)3/h10-12,14-15H,5-9H2,1-4H3. The first-order chi connectivity index (χ1) is 7.97. The predicted octanol–water partition coefficient (Wildman–Crippen LogP) is 2.04. The van der Waals surface area contributed by atoms with Crippen LogP contribution >= 0.6 is 11.8 Å². The van der Waals surface area contributed by atoms with Gasteiger partial charge in [0.15, 0.2) is 0 Å². The second-order valence-corrected chi connectivity index (χ2v) is 6.89. The van der Waals surface area contributed by atoms with Crippen molar-refractivity contribution < 1.29 is 9.84 Å². The first-order valence-electron chi connectivity index (χ1n) is 6.58. The van der Waals surface area contributed by atoms with Crippen molar-refractivity contribution in [3.8, 4) is 0 Å². The summed E-state index contributed by atoms with van der Waals surface area (Å²) in [6.45, 7) is 9.59. The van der Waals surface area contributed by atoms with Gasteiger partial charge in [-0.2, -0.15) is 11.8 Å². The number of ether oxygens (including phenoxy) is 1. The van der Waals surface area contributed by atoms with E-state index in [0.29, 0.717) is 17.4 Å². The zero-order valence-electron chi connectivity index (χ0n) is 11.5. The molecule has 0 aromatic heterocycles. The summed E-state index contributed by atoms with van der Waals surface area (Å²) in [6, 6.07) is 0.408. The Labute approximate surface area is 110 Å². The minimum absolute atomic E-state index is 0.149. The number of hydrogen-bond acceptors (Lipinski definition) is 4. The predicted molar refractivity (Wildman–Crippen MR) is 74.7 cm³/mol. The Morgan fingerprint density at radius 3 is 2.71 bits per heavy atom. The Balaban J connectivity index is 2.27. The highest BCUT2D eigenvalue weighted by Gasteiger charge is 2.27. The van der Waals surface area contributed by atoms with Gasteiger partial charge in [0.2, 0.25) is 0 Å². The first-order valence-corrected chi connectivity index (χ1v) is 7.63. The molecular weight excluding hydrogens is 234 g/mol. The maximum atomic E-state index is 9.48. The average molecular weight is 261 g/mol. The van der Waals surface area contributed by atoms with Crippen LogP contribution in [0, 0.1) is 0 Å². The van der Waals surface area contributed by atoms with Crippen molar-refractivity contribution >= 4 is 11.8 Å². The summed E-state index contributed by atoms with van der Waals surface area (Å²) < 4.78 is 5.55. The van der Waals surface area contributed by atoms with Gasteiger partial charge < -0.3 is 15.2 Å². The van der Waals surface area contributed by atoms with Gasteiger partial charge in [-0.25, -0.2) is 0 Å². The summed E-state index contributed by atoms with van der Waals surface area (Å²) in [7, 11) is 0. The molecule has 0 saturated carbocycles. The summed E-state index contributed by atoms with van der Waals surface area (Å²) in [4.78, 5) is 0. The van der Waals surface area contributed by atoms with E-state index in [1.54, 1.807) is 0 Å². The molecule has 0 aromatic carbocycles. The Bertz CT molecular complexity index is 225. The molecule has 0 aromatic rings. The third-order valence-electron chi connectivity index (χ3n) is 3.28. The second kappa shape index (κ2) is 6.98. The molecule has 3 atom stereocenters. The van der Waals surface area contributed by atoms with Gasteiger partial charge in [0.05, 0.1) is 12.7 Å². The quantitative estimate of drug-likeness (QED) is 0.736. The minimum Gasteiger partial charge on any atom is -0.394 e. The van der Waals surface area contributed by atoms with Crippen molar-refractivity contribution in [1.82, 2.24) is 5.32 Å². The normalized spacial score (nSPS) is 28.6. The number of hydrogen-bond donors (Lipinski definition) is 2. The van der Waals surface area contributed by atoms with Gasteiger partial charge in [-0.1, -0.05) is 13.8 Å². The van der Waals surface area contributed by atoms with Crippen LogP contribution in [0.25, 0.3) is 0 Å². The molecule has 0 spiro atoms. The van der Waals surface area contributed by atoms with Crippen molar-refractivity contribution in [1.29, 1.82) is 0 Å². The van der Waals surface area contributed by atoms with Crippen LogP contribution < -0.4 is 5.32 Å². The zero-order valence-corrected chi connectivity index (χ0v) is 12.3. The van der Waals surface area contributed by atoms with Gasteiger partial charge in [-0.15, -0.1) is 0 Å². The monoisotopic (exact) mass is 261 g/mol. The molecule has 2 N–H and O–H groups in total. The van der Waals surface area contributed by atoms with Crippen LogP contribution in [0.5, 0.6) is 0 Å². The molecule has 1 rings (SSSR count). The molecule has 1 fully saturated rings. The van der Waals surface area contributed by atoms with E-state index in [0.717, 1.165) is 18.8 Å². The van der Waals surface area contributed by atoms with E-state index in [9.17, 15) is 5.11 Å².